The molecule has 1 amide bonds. The Morgan fingerprint density at radius 2 is 1.71 bits per heavy atom. The molecule has 0 spiro atoms. The zero-order valence-corrected chi connectivity index (χ0v) is 14.6. The summed E-state index contributed by atoms with van der Waals surface area (Å²) in [6.07, 6.45) is 7.84. The van der Waals surface area contributed by atoms with E-state index < -0.39 is 0 Å². The maximum Gasteiger partial charge on any atom is 0.241 e. The van der Waals surface area contributed by atoms with Gasteiger partial charge in [0.15, 0.2) is 0 Å². The van der Waals surface area contributed by atoms with E-state index in [1.165, 1.54) is 32.1 Å². The van der Waals surface area contributed by atoms with Crippen LogP contribution in [-0.2, 0) is 4.79 Å². The second kappa shape index (κ2) is 7.13. The summed E-state index contributed by atoms with van der Waals surface area (Å²) in [5, 5.41) is 3.68. The van der Waals surface area contributed by atoms with Crippen LogP contribution in [0, 0.1) is 17.8 Å². The van der Waals surface area contributed by atoms with Crippen molar-refractivity contribution in [1.29, 1.82) is 0 Å². The highest BCUT2D eigenvalue weighted by molar-refractivity contribution is 5.85. The lowest BCUT2D eigenvalue weighted by Gasteiger charge is -2.34. The van der Waals surface area contributed by atoms with Crippen LogP contribution in [-0.4, -0.2) is 29.1 Å². The predicted molar refractivity (Wildman–Crippen MR) is 87.9 cm³/mol. The molecule has 2 fully saturated rings. The average Bonchev–Trinajstić information content (AvgIpc) is 3.02. The molecule has 0 aromatic heterocycles. The summed E-state index contributed by atoms with van der Waals surface area (Å²) in [6, 6.07) is 0.388. The van der Waals surface area contributed by atoms with E-state index in [1.807, 2.05) is 0 Å². The summed E-state index contributed by atoms with van der Waals surface area (Å²) in [5.74, 6) is 2.10. The number of carbonyl (C=O) groups excluding carboxylic acids is 1. The Kier molecular flexibility index (Phi) is 5.70. The third kappa shape index (κ3) is 3.80. The first-order valence-electron chi connectivity index (χ1n) is 9.00. The van der Waals surface area contributed by atoms with Crippen molar-refractivity contribution in [3.05, 3.63) is 0 Å². The van der Waals surface area contributed by atoms with E-state index in [-0.39, 0.29) is 12.2 Å². The molecule has 0 aromatic carbocycles. The first kappa shape index (κ1) is 16.8. The first-order valence-corrected chi connectivity index (χ1v) is 9.00. The van der Waals surface area contributed by atoms with E-state index in [0.29, 0.717) is 29.7 Å². The molecule has 1 saturated heterocycles. The lowest BCUT2D eigenvalue weighted by Crippen LogP contribution is -2.47. The molecular formula is C18H34N2O. The molecule has 2 aliphatic rings. The van der Waals surface area contributed by atoms with Gasteiger partial charge < -0.3 is 4.90 Å². The van der Waals surface area contributed by atoms with E-state index in [4.69, 9.17) is 0 Å². The van der Waals surface area contributed by atoms with Gasteiger partial charge in [-0.05, 0) is 50.4 Å². The molecule has 3 atom stereocenters. The van der Waals surface area contributed by atoms with Crippen LogP contribution in [0.15, 0.2) is 0 Å². The van der Waals surface area contributed by atoms with Crippen LogP contribution in [0.25, 0.3) is 0 Å². The van der Waals surface area contributed by atoms with Gasteiger partial charge in [-0.25, -0.2) is 0 Å². The van der Waals surface area contributed by atoms with E-state index in [0.717, 1.165) is 6.42 Å². The van der Waals surface area contributed by atoms with Gasteiger partial charge in [0.2, 0.25) is 5.91 Å². The Hall–Kier alpha value is -0.570. The maximum absolute atomic E-state index is 12.9. The van der Waals surface area contributed by atoms with Crippen molar-refractivity contribution in [3.63, 3.8) is 0 Å². The van der Waals surface area contributed by atoms with Gasteiger partial charge in [-0.1, -0.05) is 40.5 Å². The molecule has 3 unspecified atom stereocenters. The van der Waals surface area contributed by atoms with Crippen molar-refractivity contribution >= 4 is 5.91 Å². The van der Waals surface area contributed by atoms with Crippen LogP contribution >= 0.6 is 0 Å². The molecule has 1 aliphatic carbocycles. The minimum atomic E-state index is 0.0251. The van der Waals surface area contributed by atoms with Gasteiger partial charge in [0.05, 0.1) is 12.2 Å². The van der Waals surface area contributed by atoms with Gasteiger partial charge >= 0.3 is 0 Å². The minimum Gasteiger partial charge on any atom is -0.323 e. The van der Waals surface area contributed by atoms with Crippen molar-refractivity contribution in [1.82, 2.24) is 10.2 Å². The summed E-state index contributed by atoms with van der Waals surface area (Å²) < 4.78 is 0. The maximum atomic E-state index is 12.9. The van der Waals surface area contributed by atoms with Crippen LogP contribution in [0.4, 0.5) is 0 Å². The Labute approximate surface area is 130 Å². The second-order valence-electron chi connectivity index (χ2n) is 7.94. The van der Waals surface area contributed by atoms with E-state index in [1.54, 1.807) is 0 Å². The number of nitrogens with one attached hydrogen (secondary N) is 1. The molecule has 122 valence electrons. The average molecular weight is 294 g/mol. The van der Waals surface area contributed by atoms with Gasteiger partial charge in [-0.15, -0.1) is 0 Å². The van der Waals surface area contributed by atoms with Gasteiger partial charge in [0.25, 0.3) is 0 Å². The highest BCUT2D eigenvalue weighted by atomic mass is 16.2. The van der Waals surface area contributed by atoms with E-state index >= 15 is 0 Å². The Morgan fingerprint density at radius 3 is 2.24 bits per heavy atom. The van der Waals surface area contributed by atoms with Crippen molar-refractivity contribution in [3.8, 4) is 0 Å². The summed E-state index contributed by atoms with van der Waals surface area (Å²) in [6.45, 7) is 11.1. The zero-order valence-electron chi connectivity index (χ0n) is 14.6. The lowest BCUT2D eigenvalue weighted by molar-refractivity contribution is -0.133. The fourth-order valence-electron chi connectivity index (χ4n) is 3.95. The monoisotopic (exact) mass is 294 g/mol. The highest BCUT2D eigenvalue weighted by Crippen LogP contribution is 2.34. The fourth-order valence-corrected chi connectivity index (χ4v) is 3.95. The van der Waals surface area contributed by atoms with Crippen LogP contribution in [0.3, 0.4) is 0 Å². The quantitative estimate of drug-likeness (QED) is 0.808. The van der Waals surface area contributed by atoms with Crippen molar-refractivity contribution in [2.75, 3.05) is 0 Å². The molecule has 3 heteroatoms. The first-order chi connectivity index (χ1) is 9.91. The molecule has 0 radical (unpaired) electrons. The summed E-state index contributed by atoms with van der Waals surface area (Å²) in [4.78, 5) is 15.1. The molecule has 1 aliphatic heterocycles. The van der Waals surface area contributed by atoms with Crippen LogP contribution in [0.5, 0.6) is 0 Å². The fraction of sp³-hybridized carbons (Fsp3) is 0.944. The largest absolute Gasteiger partial charge is 0.323 e. The Morgan fingerprint density at radius 1 is 1.10 bits per heavy atom. The molecule has 1 heterocycles. The number of hydrogen-bond acceptors (Lipinski definition) is 2. The molecule has 0 bridgehead atoms. The van der Waals surface area contributed by atoms with Crippen LogP contribution < -0.4 is 5.32 Å². The standard InChI is InChI=1S/C18H34N2O/c1-12(2)10-11-14(5)20-17(15-8-6-7-9-15)19-16(13(3)4)18(20)21/h12-17,19H,6-11H2,1-5H3. The molecule has 0 aromatic rings. The summed E-state index contributed by atoms with van der Waals surface area (Å²) >= 11 is 0. The number of rotatable bonds is 6. The van der Waals surface area contributed by atoms with Crippen LogP contribution in [0.2, 0.25) is 0 Å². The second-order valence-corrected chi connectivity index (χ2v) is 7.94. The molecule has 1 N–H and O–H groups in total. The van der Waals surface area contributed by atoms with Gasteiger partial charge in [-0.2, -0.15) is 0 Å². The summed E-state index contributed by atoms with van der Waals surface area (Å²) in [5.41, 5.74) is 0. The Balaban J connectivity index is 2.10. The third-order valence-electron chi connectivity index (χ3n) is 5.32. The molecular weight excluding hydrogens is 260 g/mol. The predicted octanol–water partition coefficient (Wildman–Crippen LogP) is 3.78. The molecule has 1 saturated carbocycles. The smallest absolute Gasteiger partial charge is 0.241 e. The number of nitrogens with zero attached hydrogens (tertiary/aromatic N) is 1. The van der Waals surface area contributed by atoms with Crippen LogP contribution in [0.1, 0.15) is 73.1 Å². The SMILES string of the molecule is CC(C)CCC(C)N1C(=O)C(C(C)C)NC1C1CCCC1. The van der Waals surface area contributed by atoms with E-state index in [2.05, 4.69) is 44.8 Å². The zero-order chi connectivity index (χ0) is 15.6. The van der Waals surface area contributed by atoms with Crippen molar-refractivity contribution < 1.29 is 4.79 Å². The number of carbonyl (C=O) groups is 1. The molecule has 2 rings (SSSR count). The highest BCUT2D eigenvalue weighted by Gasteiger charge is 2.45. The van der Waals surface area contributed by atoms with Gasteiger partial charge in [0.1, 0.15) is 0 Å². The summed E-state index contributed by atoms with van der Waals surface area (Å²) in [7, 11) is 0. The lowest BCUT2D eigenvalue weighted by atomic mass is 9.99. The topological polar surface area (TPSA) is 32.3 Å². The molecule has 3 nitrogen and oxygen atoms in total. The Bertz CT molecular complexity index is 347. The molecule has 21 heavy (non-hydrogen) atoms. The normalized spacial score (nSPS) is 29.1. The van der Waals surface area contributed by atoms with Crippen molar-refractivity contribution in [2.24, 2.45) is 17.8 Å². The van der Waals surface area contributed by atoms with E-state index in [9.17, 15) is 4.79 Å². The number of hydrogen-bond donors (Lipinski definition) is 1. The van der Waals surface area contributed by atoms with Gasteiger partial charge in [0, 0.05) is 6.04 Å². The van der Waals surface area contributed by atoms with Gasteiger partial charge in [-0.3, -0.25) is 10.1 Å². The minimum absolute atomic E-state index is 0.0251. The third-order valence-corrected chi connectivity index (χ3v) is 5.32. The number of amides is 1. The van der Waals surface area contributed by atoms with Crippen molar-refractivity contribution in [2.45, 2.75) is 91.4 Å².